The van der Waals surface area contributed by atoms with Crippen LogP contribution < -0.4 is 0 Å². The smallest absolute Gasteiger partial charge is 0.305 e. The fraction of sp³-hybridized carbons (Fsp3) is 0.500. The van der Waals surface area contributed by atoms with Crippen LogP contribution in [0, 0.1) is 15.9 Å². The van der Waals surface area contributed by atoms with Crippen molar-refractivity contribution in [3.63, 3.8) is 0 Å². The summed E-state index contributed by atoms with van der Waals surface area (Å²) >= 11 is 0. The molecule has 1 fully saturated rings. The maximum atomic E-state index is 13.8. The Bertz CT molecular complexity index is 476. The Morgan fingerprint density at radius 1 is 1.61 bits per heavy atom. The molecule has 0 aromatic heterocycles. The number of benzene rings is 1. The fourth-order valence-electron chi connectivity index (χ4n) is 2.24. The van der Waals surface area contributed by atoms with Crippen molar-refractivity contribution >= 4 is 5.69 Å². The van der Waals surface area contributed by atoms with Gasteiger partial charge in [-0.1, -0.05) is 12.1 Å². The summed E-state index contributed by atoms with van der Waals surface area (Å²) in [5, 5.41) is 20.4. The zero-order valence-corrected chi connectivity index (χ0v) is 10.1. The third-order valence-electron chi connectivity index (χ3n) is 3.18. The van der Waals surface area contributed by atoms with Crippen molar-refractivity contribution in [1.29, 1.82) is 0 Å². The summed E-state index contributed by atoms with van der Waals surface area (Å²) in [6.45, 7) is 3.13. The minimum Gasteiger partial charge on any atom is -0.389 e. The molecule has 0 spiro atoms. The molecule has 1 aromatic rings. The summed E-state index contributed by atoms with van der Waals surface area (Å²) in [6, 6.07) is 4.17. The molecule has 0 aliphatic carbocycles. The van der Waals surface area contributed by atoms with Crippen LogP contribution in [0.15, 0.2) is 18.2 Å². The summed E-state index contributed by atoms with van der Waals surface area (Å²) in [5.41, 5.74) is -0.961. The standard InChI is InChI=1S/C12H15FN2O3/c1-12(16)5-6-14(8-12)7-9-3-2-4-10(11(9)13)15(17)18/h2-4,16H,5-8H2,1H3. The number of β-amino-alcohol motifs (C(OH)–C–C–N with tert-alkyl or cyclic N) is 1. The Labute approximate surface area is 104 Å². The van der Waals surface area contributed by atoms with Crippen LogP contribution in [0.2, 0.25) is 0 Å². The lowest BCUT2D eigenvalue weighted by Gasteiger charge is -2.18. The molecule has 1 heterocycles. The summed E-state index contributed by atoms with van der Waals surface area (Å²) in [5.74, 6) is -0.783. The third-order valence-corrected chi connectivity index (χ3v) is 3.18. The van der Waals surface area contributed by atoms with E-state index in [0.717, 1.165) is 6.07 Å². The second-order valence-electron chi connectivity index (χ2n) is 4.96. The first-order valence-corrected chi connectivity index (χ1v) is 5.75. The molecule has 1 aliphatic heterocycles. The minimum atomic E-state index is -0.783. The number of nitro groups is 1. The summed E-state index contributed by atoms with van der Waals surface area (Å²) in [7, 11) is 0. The van der Waals surface area contributed by atoms with E-state index in [1.165, 1.54) is 12.1 Å². The zero-order valence-electron chi connectivity index (χ0n) is 10.1. The molecule has 1 aromatic carbocycles. The van der Waals surface area contributed by atoms with Crippen molar-refractivity contribution in [3.05, 3.63) is 39.7 Å². The molecule has 1 atom stereocenters. The monoisotopic (exact) mass is 254 g/mol. The lowest BCUT2D eigenvalue weighted by Crippen LogP contribution is -2.29. The quantitative estimate of drug-likeness (QED) is 0.658. The van der Waals surface area contributed by atoms with E-state index in [1.54, 1.807) is 6.92 Å². The van der Waals surface area contributed by atoms with Crippen LogP contribution in [-0.4, -0.2) is 33.6 Å². The molecule has 1 aliphatic rings. The van der Waals surface area contributed by atoms with E-state index >= 15 is 0 Å². The minimum absolute atomic E-state index is 0.281. The highest BCUT2D eigenvalue weighted by molar-refractivity contribution is 5.36. The molecule has 1 N–H and O–H groups in total. The molecule has 1 saturated heterocycles. The van der Waals surface area contributed by atoms with Crippen LogP contribution >= 0.6 is 0 Å². The van der Waals surface area contributed by atoms with Gasteiger partial charge in [0.05, 0.1) is 10.5 Å². The summed E-state index contributed by atoms with van der Waals surface area (Å²) in [4.78, 5) is 11.8. The number of hydrogen-bond donors (Lipinski definition) is 1. The maximum absolute atomic E-state index is 13.8. The molecule has 0 radical (unpaired) electrons. The van der Waals surface area contributed by atoms with Crippen molar-refractivity contribution < 1.29 is 14.4 Å². The molecule has 18 heavy (non-hydrogen) atoms. The molecule has 0 amide bonds. The molecule has 6 heteroatoms. The van der Waals surface area contributed by atoms with Gasteiger partial charge in [0.2, 0.25) is 5.82 Å². The van der Waals surface area contributed by atoms with E-state index in [0.29, 0.717) is 25.1 Å². The van der Waals surface area contributed by atoms with Gasteiger partial charge < -0.3 is 5.11 Å². The van der Waals surface area contributed by atoms with Gasteiger partial charge in [0, 0.05) is 31.3 Å². The van der Waals surface area contributed by atoms with E-state index in [9.17, 15) is 19.6 Å². The maximum Gasteiger partial charge on any atom is 0.305 e. The second-order valence-corrected chi connectivity index (χ2v) is 4.96. The first-order valence-electron chi connectivity index (χ1n) is 5.75. The van der Waals surface area contributed by atoms with Crippen LogP contribution in [0.3, 0.4) is 0 Å². The number of nitrogens with zero attached hydrogens (tertiary/aromatic N) is 2. The van der Waals surface area contributed by atoms with E-state index < -0.39 is 22.0 Å². The van der Waals surface area contributed by atoms with Gasteiger partial charge in [-0.25, -0.2) is 0 Å². The van der Waals surface area contributed by atoms with Crippen LogP contribution in [0.25, 0.3) is 0 Å². The zero-order chi connectivity index (χ0) is 13.3. The van der Waals surface area contributed by atoms with Crippen molar-refractivity contribution in [3.8, 4) is 0 Å². The number of nitro benzene ring substituents is 1. The molecule has 1 unspecified atom stereocenters. The SMILES string of the molecule is CC1(O)CCN(Cc2cccc([N+](=O)[O-])c2F)C1. The second kappa shape index (κ2) is 4.62. The van der Waals surface area contributed by atoms with Crippen LogP contribution in [0.5, 0.6) is 0 Å². The number of likely N-dealkylation sites (tertiary alicyclic amines) is 1. The predicted octanol–water partition coefficient (Wildman–Crippen LogP) is 1.69. The number of rotatable bonds is 3. The molecule has 98 valence electrons. The third kappa shape index (κ3) is 2.65. The Kier molecular flexibility index (Phi) is 3.32. The van der Waals surface area contributed by atoms with Crippen molar-refractivity contribution in [2.24, 2.45) is 0 Å². The van der Waals surface area contributed by atoms with Crippen molar-refractivity contribution in [2.45, 2.75) is 25.5 Å². The highest BCUT2D eigenvalue weighted by Gasteiger charge is 2.32. The van der Waals surface area contributed by atoms with Crippen LogP contribution in [0.4, 0.5) is 10.1 Å². The lowest BCUT2D eigenvalue weighted by molar-refractivity contribution is -0.387. The normalized spacial score (nSPS) is 24.4. The summed E-state index contributed by atoms with van der Waals surface area (Å²) < 4.78 is 13.8. The number of halogens is 1. The van der Waals surface area contributed by atoms with Gasteiger partial charge >= 0.3 is 5.69 Å². The number of hydrogen-bond acceptors (Lipinski definition) is 4. The Morgan fingerprint density at radius 2 is 2.33 bits per heavy atom. The first kappa shape index (κ1) is 12.9. The molecule has 0 saturated carbocycles. The van der Waals surface area contributed by atoms with Gasteiger partial charge in [0.15, 0.2) is 0 Å². The Balaban J connectivity index is 2.15. The molecule has 5 nitrogen and oxygen atoms in total. The number of aliphatic hydroxyl groups is 1. The van der Waals surface area contributed by atoms with E-state index in [4.69, 9.17) is 0 Å². The van der Waals surface area contributed by atoms with Crippen LogP contribution in [0.1, 0.15) is 18.9 Å². The van der Waals surface area contributed by atoms with Gasteiger partial charge in [-0.05, 0) is 13.3 Å². The molecule has 0 bridgehead atoms. The van der Waals surface area contributed by atoms with Gasteiger partial charge in [-0.3, -0.25) is 15.0 Å². The predicted molar refractivity (Wildman–Crippen MR) is 63.6 cm³/mol. The van der Waals surface area contributed by atoms with E-state index in [1.807, 2.05) is 4.90 Å². The Hall–Kier alpha value is -1.53. The van der Waals surface area contributed by atoms with Gasteiger partial charge in [0.1, 0.15) is 0 Å². The Morgan fingerprint density at radius 3 is 2.89 bits per heavy atom. The van der Waals surface area contributed by atoms with Gasteiger partial charge in [-0.2, -0.15) is 4.39 Å². The molecule has 2 rings (SSSR count). The largest absolute Gasteiger partial charge is 0.389 e. The molecular weight excluding hydrogens is 239 g/mol. The highest BCUT2D eigenvalue weighted by atomic mass is 19.1. The fourth-order valence-corrected chi connectivity index (χ4v) is 2.24. The summed E-state index contributed by atoms with van der Waals surface area (Å²) in [6.07, 6.45) is 0.629. The lowest BCUT2D eigenvalue weighted by atomic mass is 10.1. The molecular formula is C12H15FN2O3. The van der Waals surface area contributed by atoms with Gasteiger partial charge in [0.25, 0.3) is 0 Å². The topological polar surface area (TPSA) is 66.6 Å². The van der Waals surface area contributed by atoms with E-state index in [-0.39, 0.29) is 6.54 Å². The average molecular weight is 254 g/mol. The van der Waals surface area contributed by atoms with Crippen molar-refractivity contribution in [1.82, 2.24) is 4.90 Å². The van der Waals surface area contributed by atoms with Gasteiger partial charge in [-0.15, -0.1) is 0 Å². The first-order chi connectivity index (χ1) is 8.39. The highest BCUT2D eigenvalue weighted by Crippen LogP contribution is 2.25. The van der Waals surface area contributed by atoms with Crippen LogP contribution in [-0.2, 0) is 6.54 Å². The van der Waals surface area contributed by atoms with E-state index in [2.05, 4.69) is 0 Å². The van der Waals surface area contributed by atoms with Crippen molar-refractivity contribution in [2.75, 3.05) is 13.1 Å². The average Bonchev–Trinajstić information content (AvgIpc) is 2.61.